The summed E-state index contributed by atoms with van der Waals surface area (Å²) in [6.07, 6.45) is 0. The van der Waals surface area contributed by atoms with Gasteiger partial charge in [0.05, 0.1) is 11.2 Å². The zero-order valence-electron chi connectivity index (χ0n) is 28.1. The van der Waals surface area contributed by atoms with E-state index in [0.29, 0.717) is 17.5 Å². The standard InChI is InChI=1S/C48H30N4/c1-3-14-33(15-4-1)42-30-44(34-16-5-2-6-17-34)49-43-27-26-39-40(45(42)43)20-11-21-41(39)48-51-46(37-24-22-31-12-7-9-18-35(31)28-37)50-47(52-48)38-25-23-32-13-8-10-19-36(32)29-38/h1-30H. The summed E-state index contributed by atoms with van der Waals surface area (Å²) in [5.74, 6) is 1.90. The Balaban J connectivity index is 1.22. The van der Waals surface area contributed by atoms with Crippen molar-refractivity contribution in [1.29, 1.82) is 0 Å². The van der Waals surface area contributed by atoms with Crippen LogP contribution in [0.3, 0.4) is 0 Å². The molecule has 4 heteroatoms. The lowest BCUT2D eigenvalue weighted by atomic mass is 9.93. The molecule has 0 bridgehead atoms. The van der Waals surface area contributed by atoms with Crippen LogP contribution < -0.4 is 0 Å². The van der Waals surface area contributed by atoms with E-state index >= 15 is 0 Å². The van der Waals surface area contributed by atoms with Crippen molar-refractivity contribution in [2.75, 3.05) is 0 Å². The second-order valence-electron chi connectivity index (χ2n) is 13.1. The van der Waals surface area contributed by atoms with E-state index in [1.807, 2.05) is 6.07 Å². The molecule has 52 heavy (non-hydrogen) atoms. The summed E-state index contributed by atoms with van der Waals surface area (Å²) in [4.78, 5) is 20.7. The number of hydrogen-bond donors (Lipinski definition) is 0. The summed E-state index contributed by atoms with van der Waals surface area (Å²) in [6.45, 7) is 0. The molecule has 0 aliphatic heterocycles. The smallest absolute Gasteiger partial charge is 0.164 e. The lowest BCUT2D eigenvalue weighted by Crippen LogP contribution is -2.01. The second-order valence-corrected chi connectivity index (χ2v) is 13.1. The molecule has 0 aliphatic rings. The zero-order valence-corrected chi connectivity index (χ0v) is 28.1. The number of hydrogen-bond acceptors (Lipinski definition) is 4. The van der Waals surface area contributed by atoms with Gasteiger partial charge in [-0.05, 0) is 67.7 Å². The highest BCUT2D eigenvalue weighted by Gasteiger charge is 2.18. The first-order valence-electron chi connectivity index (χ1n) is 17.5. The predicted molar refractivity (Wildman–Crippen MR) is 215 cm³/mol. The van der Waals surface area contributed by atoms with Crippen molar-refractivity contribution in [3.05, 3.63) is 182 Å². The molecule has 8 aromatic carbocycles. The van der Waals surface area contributed by atoms with Gasteiger partial charge in [-0.15, -0.1) is 0 Å². The van der Waals surface area contributed by atoms with Gasteiger partial charge in [-0.3, -0.25) is 0 Å². The minimum Gasteiger partial charge on any atom is -0.248 e. The molecule has 10 rings (SSSR count). The number of aromatic nitrogens is 4. The normalized spacial score (nSPS) is 11.5. The molecule has 0 unspecified atom stereocenters. The summed E-state index contributed by atoms with van der Waals surface area (Å²) >= 11 is 0. The number of nitrogens with zero attached hydrogens (tertiary/aromatic N) is 4. The number of pyridine rings is 1. The molecule has 4 nitrogen and oxygen atoms in total. The average molecular weight is 663 g/mol. The summed E-state index contributed by atoms with van der Waals surface area (Å²) in [5, 5.41) is 7.89. The van der Waals surface area contributed by atoms with Crippen molar-refractivity contribution in [3.8, 4) is 56.5 Å². The van der Waals surface area contributed by atoms with Gasteiger partial charge in [0.1, 0.15) is 0 Å². The van der Waals surface area contributed by atoms with E-state index < -0.39 is 0 Å². The Morgan fingerprint density at radius 1 is 0.288 bits per heavy atom. The largest absolute Gasteiger partial charge is 0.248 e. The van der Waals surface area contributed by atoms with Crippen LogP contribution in [0.5, 0.6) is 0 Å². The molecule has 0 aliphatic carbocycles. The van der Waals surface area contributed by atoms with Gasteiger partial charge in [0.15, 0.2) is 17.5 Å². The van der Waals surface area contributed by atoms with E-state index in [1.165, 1.54) is 10.8 Å². The van der Waals surface area contributed by atoms with Gasteiger partial charge in [0.2, 0.25) is 0 Å². The minimum atomic E-state index is 0.626. The monoisotopic (exact) mass is 662 g/mol. The molecule has 2 aromatic heterocycles. The molecule has 0 atom stereocenters. The maximum absolute atomic E-state index is 5.20. The van der Waals surface area contributed by atoms with Gasteiger partial charge < -0.3 is 0 Å². The fraction of sp³-hybridized carbons (Fsp3) is 0. The van der Waals surface area contributed by atoms with Crippen LogP contribution in [-0.2, 0) is 0 Å². The van der Waals surface area contributed by atoms with Crippen molar-refractivity contribution < 1.29 is 0 Å². The van der Waals surface area contributed by atoms with Gasteiger partial charge in [-0.25, -0.2) is 19.9 Å². The number of rotatable bonds is 5. The Morgan fingerprint density at radius 3 is 1.48 bits per heavy atom. The van der Waals surface area contributed by atoms with Crippen LogP contribution in [-0.4, -0.2) is 19.9 Å². The maximum Gasteiger partial charge on any atom is 0.164 e. The third-order valence-electron chi connectivity index (χ3n) is 9.88. The first kappa shape index (κ1) is 29.8. The Morgan fingerprint density at radius 2 is 0.846 bits per heavy atom. The third-order valence-corrected chi connectivity index (χ3v) is 9.88. The molecule has 0 radical (unpaired) electrons. The molecule has 0 fully saturated rings. The van der Waals surface area contributed by atoms with E-state index in [0.717, 1.165) is 71.5 Å². The quantitative estimate of drug-likeness (QED) is 0.172. The minimum absolute atomic E-state index is 0.626. The molecule has 0 saturated carbocycles. The second kappa shape index (κ2) is 12.4. The molecule has 0 amide bonds. The Bertz CT molecular complexity index is 2860. The summed E-state index contributed by atoms with van der Waals surface area (Å²) in [6, 6.07) is 63.4. The number of benzene rings is 8. The van der Waals surface area contributed by atoms with E-state index in [-0.39, 0.29) is 0 Å². The summed E-state index contributed by atoms with van der Waals surface area (Å²) in [5.41, 5.74) is 8.08. The van der Waals surface area contributed by atoms with E-state index in [9.17, 15) is 0 Å². The van der Waals surface area contributed by atoms with Gasteiger partial charge in [0.25, 0.3) is 0 Å². The average Bonchev–Trinajstić information content (AvgIpc) is 3.23. The first-order valence-corrected chi connectivity index (χ1v) is 17.5. The van der Waals surface area contributed by atoms with Crippen LogP contribution in [0.25, 0.3) is 99.8 Å². The first-order chi connectivity index (χ1) is 25.7. The topological polar surface area (TPSA) is 51.6 Å². The highest BCUT2D eigenvalue weighted by molar-refractivity contribution is 6.16. The Kier molecular flexibility index (Phi) is 7.10. The van der Waals surface area contributed by atoms with Gasteiger partial charge in [0, 0.05) is 27.6 Å². The Hall–Kier alpha value is -7.04. The fourth-order valence-corrected chi connectivity index (χ4v) is 7.30. The summed E-state index contributed by atoms with van der Waals surface area (Å²) in [7, 11) is 0. The van der Waals surface area contributed by atoms with Gasteiger partial charge >= 0.3 is 0 Å². The van der Waals surface area contributed by atoms with Crippen LogP contribution in [0.2, 0.25) is 0 Å². The van der Waals surface area contributed by atoms with Gasteiger partial charge in [-0.2, -0.15) is 0 Å². The lowest BCUT2D eigenvalue weighted by Gasteiger charge is -2.15. The highest BCUT2D eigenvalue weighted by Crippen LogP contribution is 2.39. The Labute approximate surface area is 300 Å². The van der Waals surface area contributed by atoms with E-state index in [2.05, 4.69) is 176 Å². The lowest BCUT2D eigenvalue weighted by molar-refractivity contribution is 1.08. The molecule has 10 aromatic rings. The van der Waals surface area contributed by atoms with Gasteiger partial charge in [-0.1, -0.05) is 158 Å². The van der Waals surface area contributed by atoms with Crippen molar-refractivity contribution >= 4 is 43.2 Å². The third kappa shape index (κ3) is 5.26. The molecule has 0 saturated heterocycles. The van der Waals surface area contributed by atoms with Crippen molar-refractivity contribution in [2.45, 2.75) is 0 Å². The van der Waals surface area contributed by atoms with Crippen molar-refractivity contribution in [1.82, 2.24) is 19.9 Å². The highest BCUT2D eigenvalue weighted by atomic mass is 15.0. The molecule has 0 N–H and O–H groups in total. The molecular formula is C48H30N4. The predicted octanol–water partition coefficient (Wildman–Crippen LogP) is 12.2. The molecule has 0 spiro atoms. The SMILES string of the molecule is c1ccc(-c2cc(-c3ccccc3)c3c(ccc4c(-c5nc(-c6ccc7ccccc7c6)nc(-c6ccc7ccccc7c6)n5)cccc43)n2)cc1. The maximum atomic E-state index is 5.20. The molecular weight excluding hydrogens is 633 g/mol. The van der Waals surface area contributed by atoms with E-state index in [4.69, 9.17) is 19.9 Å². The van der Waals surface area contributed by atoms with Crippen molar-refractivity contribution in [3.63, 3.8) is 0 Å². The van der Waals surface area contributed by atoms with Crippen LogP contribution in [0.4, 0.5) is 0 Å². The van der Waals surface area contributed by atoms with Crippen LogP contribution in [0.1, 0.15) is 0 Å². The zero-order chi connectivity index (χ0) is 34.4. The summed E-state index contributed by atoms with van der Waals surface area (Å²) < 4.78 is 0. The fourth-order valence-electron chi connectivity index (χ4n) is 7.30. The van der Waals surface area contributed by atoms with Crippen LogP contribution in [0, 0.1) is 0 Å². The molecule has 2 heterocycles. The van der Waals surface area contributed by atoms with Crippen LogP contribution in [0.15, 0.2) is 182 Å². The van der Waals surface area contributed by atoms with Crippen molar-refractivity contribution in [2.24, 2.45) is 0 Å². The number of fused-ring (bicyclic) bond motifs is 5. The van der Waals surface area contributed by atoms with E-state index in [1.54, 1.807) is 0 Å². The van der Waals surface area contributed by atoms with Crippen LogP contribution >= 0.6 is 0 Å². The molecule has 242 valence electrons.